The number of amides is 1. The van der Waals surface area contributed by atoms with Crippen molar-refractivity contribution in [1.29, 1.82) is 5.26 Å². The first kappa shape index (κ1) is 17.6. The van der Waals surface area contributed by atoms with Gasteiger partial charge in [-0.25, -0.2) is 0 Å². The summed E-state index contributed by atoms with van der Waals surface area (Å²) in [4.78, 5) is 21.3. The average molecular weight is 399 g/mol. The number of hydrogen-bond donors (Lipinski definition) is 0. The van der Waals surface area contributed by atoms with Gasteiger partial charge < -0.3 is 14.2 Å². The fourth-order valence-corrected chi connectivity index (χ4v) is 3.80. The zero-order valence-electron chi connectivity index (χ0n) is 14.3. The monoisotopic (exact) mass is 398 g/mol. The molecule has 27 heavy (non-hydrogen) atoms. The van der Waals surface area contributed by atoms with E-state index in [1.54, 1.807) is 24.3 Å². The van der Waals surface area contributed by atoms with Crippen LogP contribution in [0.4, 0.5) is 5.88 Å². The summed E-state index contributed by atoms with van der Waals surface area (Å²) in [6.45, 7) is 2.30. The van der Waals surface area contributed by atoms with Crippen molar-refractivity contribution in [3.8, 4) is 17.5 Å². The number of oxazole rings is 1. The lowest BCUT2D eigenvalue weighted by Gasteiger charge is -2.34. The Morgan fingerprint density at radius 2 is 1.93 bits per heavy atom. The average Bonchev–Trinajstić information content (AvgIpc) is 3.38. The normalized spacial score (nSPS) is 14.2. The number of anilines is 1. The van der Waals surface area contributed by atoms with Crippen LogP contribution in [0.25, 0.3) is 11.5 Å². The van der Waals surface area contributed by atoms with E-state index in [9.17, 15) is 10.1 Å². The number of aromatic nitrogens is 1. The molecule has 1 aliphatic rings. The van der Waals surface area contributed by atoms with Gasteiger partial charge in [-0.15, -0.1) is 11.3 Å². The van der Waals surface area contributed by atoms with Crippen molar-refractivity contribution in [1.82, 2.24) is 9.88 Å². The van der Waals surface area contributed by atoms with E-state index in [1.165, 1.54) is 11.3 Å². The minimum Gasteiger partial charge on any atom is -0.419 e. The molecule has 0 atom stereocenters. The summed E-state index contributed by atoms with van der Waals surface area (Å²) in [6, 6.07) is 12.9. The minimum atomic E-state index is 0.0459. The van der Waals surface area contributed by atoms with Crippen molar-refractivity contribution >= 4 is 34.7 Å². The van der Waals surface area contributed by atoms with Crippen molar-refractivity contribution in [2.24, 2.45) is 0 Å². The Labute approximate surface area is 165 Å². The molecule has 1 amide bonds. The highest BCUT2D eigenvalue weighted by Crippen LogP contribution is 2.29. The van der Waals surface area contributed by atoms with E-state index in [0.717, 1.165) is 10.4 Å². The first-order valence-electron chi connectivity index (χ1n) is 8.40. The highest BCUT2D eigenvalue weighted by atomic mass is 35.5. The lowest BCUT2D eigenvalue weighted by Crippen LogP contribution is -2.48. The number of nitriles is 1. The van der Waals surface area contributed by atoms with E-state index in [1.807, 2.05) is 27.3 Å². The van der Waals surface area contributed by atoms with Crippen LogP contribution >= 0.6 is 22.9 Å². The van der Waals surface area contributed by atoms with Gasteiger partial charge >= 0.3 is 0 Å². The quantitative estimate of drug-likeness (QED) is 0.669. The summed E-state index contributed by atoms with van der Waals surface area (Å²) in [5, 5.41) is 12.0. The van der Waals surface area contributed by atoms with Crippen molar-refractivity contribution < 1.29 is 9.21 Å². The van der Waals surface area contributed by atoms with Gasteiger partial charge in [0, 0.05) is 36.8 Å². The Kier molecular flexibility index (Phi) is 4.84. The largest absolute Gasteiger partial charge is 0.419 e. The molecular weight excluding hydrogens is 384 g/mol. The molecule has 3 aromatic rings. The first-order valence-corrected chi connectivity index (χ1v) is 9.66. The van der Waals surface area contributed by atoms with Crippen molar-refractivity contribution in [2.75, 3.05) is 31.1 Å². The van der Waals surface area contributed by atoms with E-state index < -0.39 is 0 Å². The summed E-state index contributed by atoms with van der Waals surface area (Å²) < 4.78 is 5.89. The predicted molar refractivity (Wildman–Crippen MR) is 104 cm³/mol. The van der Waals surface area contributed by atoms with Gasteiger partial charge in [0.25, 0.3) is 5.91 Å². The number of rotatable bonds is 3. The molecule has 136 valence electrons. The molecule has 2 aromatic heterocycles. The van der Waals surface area contributed by atoms with Gasteiger partial charge in [0.2, 0.25) is 17.5 Å². The number of halogens is 1. The highest BCUT2D eigenvalue weighted by molar-refractivity contribution is 7.12. The maximum absolute atomic E-state index is 12.5. The molecule has 0 bridgehead atoms. The molecule has 0 unspecified atom stereocenters. The van der Waals surface area contributed by atoms with Crippen LogP contribution < -0.4 is 4.90 Å². The number of thiophene rings is 1. The Bertz CT molecular complexity index is 984. The van der Waals surface area contributed by atoms with Crippen LogP contribution in [0.15, 0.2) is 46.2 Å². The van der Waals surface area contributed by atoms with E-state index >= 15 is 0 Å². The van der Waals surface area contributed by atoms with E-state index in [2.05, 4.69) is 11.1 Å². The first-order chi connectivity index (χ1) is 13.2. The van der Waals surface area contributed by atoms with E-state index in [4.69, 9.17) is 16.0 Å². The van der Waals surface area contributed by atoms with Gasteiger partial charge in [-0.05, 0) is 35.7 Å². The van der Waals surface area contributed by atoms with Crippen LogP contribution in [-0.4, -0.2) is 42.0 Å². The van der Waals surface area contributed by atoms with Gasteiger partial charge in [0.05, 0.1) is 4.88 Å². The SMILES string of the molecule is N#Cc1nc(-c2ccc(Cl)cc2)oc1N1CCN(C(=O)c2cccs2)CC1. The summed E-state index contributed by atoms with van der Waals surface area (Å²) in [7, 11) is 0. The molecular formula is C19H15ClN4O2S. The molecule has 0 N–H and O–H groups in total. The number of benzene rings is 1. The topological polar surface area (TPSA) is 73.4 Å². The molecule has 1 saturated heterocycles. The van der Waals surface area contributed by atoms with Crippen LogP contribution in [0.3, 0.4) is 0 Å². The molecule has 1 aliphatic heterocycles. The highest BCUT2D eigenvalue weighted by Gasteiger charge is 2.27. The zero-order valence-corrected chi connectivity index (χ0v) is 15.8. The molecule has 3 heterocycles. The van der Waals surface area contributed by atoms with Crippen LogP contribution in [0.2, 0.25) is 5.02 Å². The summed E-state index contributed by atoms with van der Waals surface area (Å²) in [6.07, 6.45) is 0. The number of hydrogen-bond acceptors (Lipinski definition) is 6. The summed E-state index contributed by atoms with van der Waals surface area (Å²) in [5.41, 5.74) is 1.01. The molecule has 6 nitrogen and oxygen atoms in total. The number of nitrogens with zero attached hydrogens (tertiary/aromatic N) is 4. The van der Waals surface area contributed by atoms with Crippen LogP contribution in [0.5, 0.6) is 0 Å². The second kappa shape index (κ2) is 7.43. The third kappa shape index (κ3) is 3.54. The number of carbonyl (C=O) groups is 1. The number of carbonyl (C=O) groups excluding carboxylic acids is 1. The molecule has 8 heteroatoms. The zero-order chi connectivity index (χ0) is 18.8. The maximum Gasteiger partial charge on any atom is 0.264 e. The van der Waals surface area contributed by atoms with Gasteiger partial charge in [0.1, 0.15) is 6.07 Å². The van der Waals surface area contributed by atoms with Crippen LogP contribution in [0.1, 0.15) is 15.4 Å². The van der Waals surface area contributed by atoms with Crippen LogP contribution in [-0.2, 0) is 0 Å². The molecule has 4 rings (SSSR count). The molecule has 0 aliphatic carbocycles. The Morgan fingerprint density at radius 3 is 2.56 bits per heavy atom. The number of piperazine rings is 1. The van der Waals surface area contributed by atoms with Crippen molar-refractivity contribution in [3.63, 3.8) is 0 Å². The molecule has 0 spiro atoms. The predicted octanol–water partition coefficient (Wildman–Crippen LogP) is 3.89. The lowest BCUT2D eigenvalue weighted by atomic mass is 10.2. The lowest BCUT2D eigenvalue weighted by molar-refractivity contribution is 0.0750. The van der Waals surface area contributed by atoms with Crippen molar-refractivity contribution in [2.45, 2.75) is 0 Å². The Hall–Kier alpha value is -2.82. The van der Waals surface area contributed by atoms with E-state index in [0.29, 0.717) is 43.0 Å². The minimum absolute atomic E-state index is 0.0459. The summed E-state index contributed by atoms with van der Waals surface area (Å²) >= 11 is 7.36. The fourth-order valence-electron chi connectivity index (χ4n) is 2.98. The molecule has 0 radical (unpaired) electrons. The Balaban J connectivity index is 1.50. The second-order valence-electron chi connectivity index (χ2n) is 6.05. The smallest absolute Gasteiger partial charge is 0.264 e. The third-order valence-corrected chi connectivity index (χ3v) is 5.50. The van der Waals surface area contributed by atoms with Gasteiger partial charge in [-0.1, -0.05) is 17.7 Å². The van der Waals surface area contributed by atoms with Crippen molar-refractivity contribution in [3.05, 3.63) is 57.4 Å². The summed E-state index contributed by atoms with van der Waals surface area (Å²) in [5.74, 6) is 0.880. The maximum atomic E-state index is 12.5. The van der Waals surface area contributed by atoms with Crippen LogP contribution in [0, 0.1) is 11.3 Å². The molecule has 0 saturated carbocycles. The second-order valence-corrected chi connectivity index (χ2v) is 7.43. The fraction of sp³-hybridized carbons (Fsp3) is 0.211. The Morgan fingerprint density at radius 1 is 1.19 bits per heavy atom. The molecule has 1 aromatic carbocycles. The van der Waals surface area contributed by atoms with Gasteiger partial charge in [-0.2, -0.15) is 10.2 Å². The van der Waals surface area contributed by atoms with E-state index in [-0.39, 0.29) is 11.6 Å². The third-order valence-electron chi connectivity index (χ3n) is 4.39. The standard InChI is InChI=1S/C19H15ClN4O2S/c20-14-5-3-13(4-6-14)17-22-15(12-21)19(26-17)24-9-7-23(8-10-24)18(25)16-2-1-11-27-16/h1-6,11H,7-10H2. The van der Waals surface area contributed by atoms with Gasteiger partial charge in [-0.3, -0.25) is 4.79 Å². The van der Waals surface area contributed by atoms with Gasteiger partial charge in [0.15, 0.2) is 0 Å². The molecule has 1 fully saturated rings.